The molecule has 1 aliphatic rings. The van der Waals surface area contributed by atoms with Gasteiger partial charge in [-0.2, -0.15) is 0 Å². The van der Waals surface area contributed by atoms with E-state index in [1.807, 2.05) is 7.05 Å². The maximum Gasteiger partial charge on any atom is 0.272 e. The third-order valence-electron chi connectivity index (χ3n) is 2.09. The SMILES string of the molecule is C[N+]1(CC(N)=O)CCOCC1. The molecule has 11 heavy (non-hydrogen) atoms. The number of nitrogens with zero attached hydrogens (tertiary/aromatic N) is 1. The van der Waals surface area contributed by atoms with Crippen LogP contribution < -0.4 is 5.73 Å². The zero-order valence-electron chi connectivity index (χ0n) is 6.88. The van der Waals surface area contributed by atoms with Gasteiger partial charge in [0.2, 0.25) is 0 Å². The summed E-state index contributed by atoms with van der Waals surface area (Å²) in [6.07, 6.45) is 0. The molecule has 0 bridgehead atoms. The van der Waals surface area contributed by atoms with Crippen LogP contribution in [0.4, 0.5) is 0 Å². The second-order valence-electron chi connectivity index (χ2n) is 3.30. The van der Waals surface area contributed by atoms with E-state index in [1.54, 1.807) is 0 Å². The van der Waals surface area contributed by atoms with Crippen molar-refractivity contribution < 1.29 is 14.0 Å². The van der Waals surface area contributed by atoms with Crippen molar-refractivity contribution in [1.29, 1.82) is 0 Å². The number of hydrogen-bond donors (Lipinski definition) is 1. The van der Waals surface area contributed by atoms with Crippen molar-refractivity contribution in [3.8, 4) is 0 Å². The average molecular weight is 159 g/mol. The van der Waals surface area contributed by atoms with Crippen molar-refractivity contribution in [3.63, 3.8) is 0 Å². The molecule has 1 aliphatic heterocycles. The Bertz CT molecular complexity index is 153. The van der Waals surface area contributed by atoms with Gasteiger partial charge in [-0.25, -0.2) is 0 Å². The van der Waals surface area contributed by atoms with Crippen molar-refractivity contribution in [2.45, 2.75) is 0 Å². The lowest BCUT2D eigenvalue weighted by molar-refractivity contribution is -0.909. The van der Waals surface area contributed by atoms with Crippen LogP contribution in [0.3, 0.4) is 0 Å². The van der Waals surface area contributed by atoms with Gasteiger partial charge < -0.3 is 15.0 Å². The predicted octanol–water partition coefficient (Wildman–Crippen LogP) is -1.05. The van der Waals surface area contributed by atoms with Gasteiger partial charge in [0, 0.05) is 0 Å². The zero-order chi connectivity index (χ0) is 8.32. The summed E-state index contributed by atoms with van der Waals surface area (Å²) in [5.41, 5.74) is 5.11. The fourth-order valence-electron chi connectivity index (χ4n) is 1.32. The number of amides is 1. The topological polar surface area (TPSA) is 52.3 Å². The van der Waals surface area contributed by atoms with E-state index < -0.39 is 0 Å². The number of morpholine rings is 1. The summed E-state index contributed by atoms with van der Waals surface area (Å²) >= 11 is 0. The van der Waals surface area contributed by atoms with Crippen LogP contribution in [0.1, 0.15) is 0 Å². The molecule has 0 spiro atoms. The van der Waals surface area contributed by atoms with Gasteiger partial charge in [0.05, 0.1) is 20.3 Å². The van der Waals surface area contributed by atoms with Gasteiger partial charge >= 0.3 is 0 Å². The highest BCUT2D eigenvalue weighted by molar-refractivity contribution is 5.74. The minimum atomic E-state index is -0.227. The van der Waals surface area contributed by atoms with Crippen LogP contribution in [0.25, 0.3) is 0 Å². The van der Waals surface area contributed by atoms with E-state index in [1.165, 1.54) is 0 Å². The normalized spacial score (nSPS) is 23.0. The van der Waals surface area contributed by atoms with Gasteiger partial charge in [-0.3, -0.25) is 4.79 Å². The molecule has 4 heteroatoms. The minimum absolute atomic E-state index is 0.227. The molecule has 1 saturated heterocycles. The third-order valence-corrected chi connectivity index (χ3v) is 2.09. The molecule has 64 valence electrons. The van der Waals surface area contributed by atoms with Crippen molar-refractivity contribution in [2.75, 3.05) is 39.9 Å². The first-order chi connectivity index (χ1) is 5.12. The summed E-state index contributed by atoms with van der Waals surface area (Å²) in [4.78, 5) is 10.6. The van der Waals surface area contributed by atoms with Crippen LogP contribution in [-0.2, 0) is 9.53 Å². The first-order valence-electron chi connectivity index (χ1n) is 3.82. The Morgan fingerprint density at radius 2 is 2.09 bits per heavy atom. The maximum absolute atomic E-state index is 10.6. The number of carbonyl (C=O) groups excluding carboxylic acids is 1. The lowest BCUT2D eigenvalue weighted by Gasteiger charge is -2.36. The summed E-state index contributed by atoms with van der Waals surface area (Å²) in [7, 11) is 2.04. The van der Waals surface area contributed by atoms with Crippen LogP contribution in [0.2, 0.25) is 0 Å². The van der Waals surface area contributed by atoms with Crippen LogP contribution in [0.15, 0.2) is 0 Å². The van der Waals surface area contributed by atoms with Gasteiger partial charge in [-0.1, -0.05) is 0 Å². The number of rotatable bonds is 2. The number of hydrogen-bond acceptors (Lipinski definition) is 2. The van der Waals surface area contributed by atoms with Crippen LogP contribution >= 0.6 is 0 Å². The monoisotopic (exact) mass is 159 g/mol. The molecule has 1 rings (SSSR count). The van der Waals surface area contributed by atoms with Crippen molar-refractivity contribution in [3.05, 3.63) is 0 Å². The van der Waals surface area contributed by atoms with E-state index in [-0.39, 0.29) is 5.91 Å². The molecule has 0 radical (unpaired) electrons. The summed E-state index contributed by atoms with van der Waals surface area (Å²) in [6.45, 7) is 3.70. The smallest absolute Gasteiger partial charge is 0.272 e. The molecule has 1 heterocycles. The zero-order valence-corrected chi connectivity index (χ0v) is 6.88. The number of quaternary nitrogens is 1. The standard InChI is InChI=1S/C7H14N2O2/c1-9(6-7(8)10)2-4-11-5-3-9/h2-6H2,1H3,(H-,8,10)/p+1. The van der Waals surface area contributed by atoms with Gasteiger partial charge in [0.15, 0.2) is 6.54 Å². The van der Waals surface area contributed by atoms with Gasteiger partial charge in [-0.15, -0.1) is 0 Å². The fourth-order valence-corrected chi connectivity index (χ4v) is 1.32. The fraction of sp³-hybridized carbons (Fsp3) is 0.857. The molecule has 4 nitrogen and oxygen atoms in total. The quantitative estimate of drug-likeness (QED) is 0.523. The van der Waals surface area contributed by atoms with Crippen LogP contribution in [-0.4, -0.2) is 50.3 Å². The third kappa shape index (κ3) is 2.48. The van der Waals surface area contributed by atoms with E-state index in [9.17, 15) is 4.79 Å². The highest BCUT2D eigenvalue weighted by Gasteiger charge is 2.26. The largest absolute Gasteiger partial charge is 0.370 e. The van der Waals surface area contributed by atoms with Crippen molar-refractivity contribution in [2.24, 2.45) is 5.73 Å². The molecule has 0 aromatic heterocycles. The van der Waals surface area contributed by atoms with E-state index in [0.29, 0.717) is 6.54 Å². The lowest BCUT2D eigenvalue weighted by atomic mass is 10.3. The maximum atomic E-state index is 10.6. The Balaban J connectivity index is 2.43. The second-order valence-corrected chi connectivity index (χ2v) is 3.30. The highest BCUT2D eigenvalue weighted by atomic mass is 16.5. The lowest BCUT2D eigenvalue weighted by Crippen LogP contribution is -2.55. The van der Waals surface area contributed by atoms with Crippen LogP contribution in [0.5, 0.6) is 0 Å². The first kappa shape index (κ1) is 8.49. The van der Waals surface area contributed by atoms with E-state index >= 15 is 0 Å². The molecule has 0 saturated carbocycles. The van der Waals surface area contributed by atoms with Gasteiger partial charge in [0.1, 0.15) is 13.1 Å². The number of ether oxygens (including phenoxy) is 1. The number of carbonyl (C=O) groups is 1. The molecule has 0 aromatic carbocycles. The number of primary amides is 1. The Hall–Kier alpha value is -0.610. The highest BCUT2D eigenvalue weighted by Crippen LogP contribution is 2.05. The summed E-state index contributed by atoms with van der Waals surface area (Å²) < 4.78 is 5.91. The Morgan fingerprint density at radius 1 is 1.55 bits per heavy atom. The molecule has 0 aliphatic carbocycles. The van der Waals surface area contributed by atoms with E-state index in [4.69, 9.17) is 10.5 Å². The number of nitrogens with two attached hydrogens (primary N) is 1. The second kappa shape index (κ2) is 3.19. The Labute approximate surface area is 66.5 Å². The molecule has 1 amide bonds. The van der Waals surface area contributed by atoms with Crippen LogP contribution in [0, 0.1) is 0 Å². The molecule has 0 aromatic rings. The minimum Gasteiger partial charge on any atom is -0.370 e. The summed E-state index contributed by atoms with van der Waals surface area (Å²) in [5.74, 6) is -0.227. The first-order valence-corrected chi connectivity index (χ1v) is 3.82. The molecule has 0 atom stereocenters. The van der Waals surface area contributed by atoms with Crippen molar-refractivity contribution >= 4 is 5.91 Å². The Morgan fingerprint density at radius 3 is 2.55 bits per heavy atom. The molecule has 1 fully saturated rings. The average Bonchev–Trinajstić information content (AvgIpc) is 1.85. The number of likely N-dealkylation sites (N-methyl/N-ethyl adjacent to an activating group) is 1. The molecule has 0 unspecified atom stereocenters. The molecular formula is C7H15N2O2+. The van der Waals surface area contributed by atoms with E-state index in [2.05, 4.69) is 0 Å². The van der Waals surface area contributed by atoms with Gasteiger partial charge in [-0.05, 0) is 0 Å². The summed E-state index contributed by atoms with van der Waals surface area (Å²) in [6, 6.07) is 0. The van der Waals surface area contributed by atoms with Gasteiger partial charge in [0.25, 0.3) is 5.91 Å². The molecular weight excluding hydrogens is 144 g/mol. The Kier molecular flexibility index (Phi) is 2.46. The van der Waals surface area contributed by atoms with Crippen molar-refractivity contribution in [1.82, 2.24) is 0 Å². The molecule has 2 N–H and O–H groups in total. The predicted molar refractivity (Wildman–Crippen MR) is 40.8 cm³/mol. The summed E-state index contributed by atoms with van der Waals surface area (Å²) in [5, 5.41) is 0. The van der Waals surface area contributed by atoms with E-state index in [0.717, 1.165) is 30.8 Å².